The molecule has 2 nitrogen and oxygen atoms in total. The first-order valence-electron chi connectivity index (χ1n) is 5.51. The monoisotopic (exact) mass is 282 g/mol. The molecule has 0 spiro atoms. The number of ether oxygens (including phenoxy) is 1. The molecular weight excluding hydrogens is 268 g/mol. The van der Waals surface area contributed by atoms with Crippen LogP contribution in [0, 0.1) is 5.92 Å². The van der Waals surface area contributed by atoms with Crippen LogP contribution in [0.1, 0.15) is 18.4 Å². The second-order valence-electron chi connectivity index (χ2n) is 4.23. The van der Waals surface area contributed by atoms with E-state index in [2.05, 4.69) is 15.9 Å². The second kappa shape index (κ2) is 5.11. The minimum atomic E-state index is -0.202. The number of Topliss-reactive ketones (excluding diaryl/α,β-unsaturated/α-hetero) is 1. The van der Waals surface area contributed by atoms with E-state index in [1.165, 1.54) is 0 Å². The lowest BCUT2D eigenvalue weighted by molar-refractivity contribution is -0.129. The fourth-order valence-electron chi connectivity index (χ4n) is 1.92. The van der Waals surface area contributed by atoms with Gasteiger partial charge < -0.3 is 4.74 Å². The average Bonchev–Trinajstić information content (AvgIpc) is 3.07. The molecule has 3 heteroatoms. The number of carbonyl (C=O) groups is 1. The van der Waals surface area contributed by atoms with E-state index in [0.717, 1.165) is 22.9 Å². The van der Waals surface area contributed by atoms with Gasteiger partial charge in [-0.05, 0) is 30.4 Å². The Balaban J connectivity index is 2.03. The number of rotatable bonds is 5. The summed E-state index contributed by atoms with van der Waals surface area (Å²) in [6, 6.07) is 7.84. The largest absolute Gasteiger partial charge is 0.373 e. The standard InChI is InChI=1S/C13H15BrO2/c1-16-13(9-6-7-9)12(15)8-10-4-2-3-5-11(10)14/h2-5,9,13H,6-8H2,1H3. The molecule has 1 atom stereocenters. The van der Waals surface area contributed by atoms with Crippen LogP contribution >= 0.6 is 15.9 Å². The van der Waals surface area contributed by atoms with Gasteiger partial charge in [0.25, 0.3) is 0 Å². The molecule has 1 fully saturated rings. The minimum absolute atomic E-state index is 0.192. The van der Waals surface area contributed by atoms with Crippen molar-refractivity contribution >= 4 is 21.7 Å². The van der Waals surface area contributed by atoms with Gasteiger partial charge in [-0.25, -0.2) is 0 Å². The Bertz CT molecular complexity index is 385. The van der Waals surface area contributed by atoms with Crippen LogP contribution in [-0.2, 0) is 16.0 Å². The highest BCUT2D eigenvalue weighted by atomic mass is 79.9. The zero-order valence-electron chi connectivity index (χ0n) is 9.28. The van der Waals surface area contributed by atoms with Crippen molar-refractivity contribution in [3.05, 3.63) is 34.3 Å². The smallest absolute Gasteiger partial charge is 0.166 e. The Morgan fingerprint density at radius 3 is 2.75 bits per heavy atom. The first-order valence-corrected chi connectivity index (χ1v) is 6.30. The van der Waals surface area contributed by atoms with Crippen LogP contribution in [0.3, 0.4) is 0 Å². The lowest BCUT2D eigenvalue weighted by atomic mass is 10.0. The van der Waals surface area contributed by atoms with Gasteiger partial charge in [-0.15, -0.1) is 0 Å². The first kappa shape index (κ1) is 11.8. The molecule has 0 radical (unpaired) electrons. The van der Waals surface area contributed by atoms with Crippen LogP contribution in [-0.4, -0.2) is 19.0 Å². The number of hydrogen-bond donors (Lipinski definition) is 0. The summed E-state index contributed by atoms with van der Waals surface area (Å²) in [5.74, 6) is 0.650. The third-order valence-electron chi connectivity index (χ3n) is 2.94. The lowest BCUT2D eigenvalue weighted by Gasteiger charge is -2.13. The highest BCUT2D eigenvalue weighted by molar-refractivity contribution is 9.10. The third-order valence-corrected chi connectivity index (χ3v) is 3.72. The Hall–Kier alpha value is -0.670. The Kier molecular flexibility index (Phi) is 3.77. The van der Waals surface area contributed by atoms with E-state index in [1.54, 1.807) is 7.11 Å². The fourth-order valence-corrected chi connectivity index (χ4v) is 2.34. The van der Waals surface area contributed by atoms with E-state index in [4.69, 9.17) is 4.74 Å². The van der Waals surface area contributed by atoms with Gasteiger partial charge in [0.05, 0.1) is 0 Å². The first-order chi connectivity index (χ1) is 7.72. The fraction of sp³-hybridized carbons (Fsp3) is 0.462. The summed E-state index contributed by atoms with van der Waals surface area (Å²) in [6.07, 6.45) is 2.50. The molecule has 2 rings (SSSR count). The van der Waals surface area contributed by atoms with Crippen molar-refractivity contribution in [3.8, 4) is 0 Å². The zero-order chi connectivity index (χ0) is 11.5. The van der Waals surface area contributed by atoms with Crippen LogP contribution in [0.25, 0.3) is 0 Å². The van der Waals surface area contributed by atoms with Crippen molar-refractivity contribution < 1.29 is 9.53 Å². The molecule has 16 heavy (non-hydrogen) atoms. The summed E-state index contributed by atoms with van der Waals surface area (Å²) >= 11 is 3.46. The van der Waals surface area contributed by atoms with Gasteiger partial charge >= 0.3 is 0 Å². The highest BCUT2D eigenvalue weighted by Crippen LogP contribution is 2.35. The molecule has 86 valence electrons. The van der Waals surface area contributed by atoms with Crippen molar-refractivity contribution in [1.82, 2.24) is 0 Å². The van der Waals surface area contributed by atoms with Crippen molar-refractivity contribution in [2.24, 2.45) is 5.92 Å². The molecule has 0 aromatic heterocycles. The van der Waals surface area contributed by atoms with E-state index in [-0.39, 0.29) is 11.9 Å². The van der Waals surface area contributed by atoms with E-state index in [9.17, 15) is 4.79 Å². The molecule has 0 heterocycles. The van der Waals surface area contributed by atoms with Crippen molar-refractivity contribution in [1.29, 1.82) is 0 Å². The molecule has 0 amide bonds. The molecule has 0 saturated heterocycles. The number of methoxy groups -OCH3 is 1. The molecule has 1 unspecified atom stereocenters. The van der Waals surface area contributed by atoms with E-state index < -0.39 is 0 Å². The van der Waals surface area contributed by atoms with E-state index >= 15 is 0 Å². The molecule has 1 aliphatic rings. The van der Waals surface area contributed by atoms with Gasteiger partial charge in [-0.3, -0.25) is 4.79 Å². The predicted molar refractivity (Wildman–Crippen MR) is 66.4 cm³/mol. The molecular formula is C13H15BrO2. The van der Waals surface area contributed by atoms with E-state index in [1.807, 2.05) is 24.3 Å². The summed E-state index contributed by atoms with van der Waals surface area (Å²) in [5.41, 5.74) is 1.04. The summed E-state index contributed by atoms with van der Waals surface area (Å²) in [6.45, 7) is 0. The van der Waals surface area contributed by atoms with Gasteiger partial charge in [0.15, 0.2) is 5.78 Å². The number of benzene rings is 1. The van der Waals surface area contributed by atoms with Gasteiger partial charge in [-0.1, -0.05) is 34.1 Å². The Morgan fingerprint density at radius 1 is 1.50 bits per heavy atom. The van der Waals surface area contributed by atoms with Gasteiger partial charge in [0, 0.05) is 18.0 Å². The normalized spacial score (nSPS) is 17.1. The number of carbonyl (C=O) groups excluding carboxylic acids is 1. The minimum Gasteiger partial charge on any atom is -0.373 e. The predicted octanol–water partition coefficient (Wildman–Crippen LogP) is 2.99. The summed E-state index contributed by atoms with van der Waals surface area (Å²) in [4.78, 5) is 12.0. The van der Waals surface area contributed by atoms with E-state index in [0.29, 0.717) is 12.3 Å². The zero-order valence-corrected chi connectivity index (χ0v) is 10.9. The maximum atomic E-state index is 12.0. The SMILES string of the molecule is COC(C(=O)Cc1ccccc1Br)C1CC1. The van der Waals surface area contributed by atoms with Gasteiger partial charge in [0.1, 0.15) is 6.10 Å². The average molecular weight is 283 g/mol. The highest BCUT2D eigenvalue weighted by Gasteiger charge is 2.35. The molecule has 1 aliphatic carbocycles. The van der Waals surface area contributed by atoms with Crippen molar-refractivity contribution in [3.63, 3.8) is 0 Å². The van der Waals surface area contributed by atoms with Crippen LogP contribution in [0.2, 0.25) is 0 Å². The summed E-state index contributed by atoms with van der Waals surface area (Å²) in [7, 11) is 1.63. The molecule has 0 N–H and O–H groups in total. The lowest BCUT2D eigenvalue weighted by Crippen LogP contribution is -2.26. The number of halogens is 1. The molecule has 1 aromatic rings. The third kappa shape index (κ3) is 2.71. The maximum Gasteiger partial charge on any atom is 0.166 e. The molecule has 0 aliphatic heterocycles. The van der Waals surface area contributed by atoms with Crippen molar-refractivity contribution in [2.75, 3.05) is 7.11 Å². The number of ketones is 1. The molecule has 1 aromatic carbocycles. The van der Waals surface area contributed by atoms with Crippen molar-refractivity contribution in [2.45, 2.75) is 25.4 Å². The maximum absolute atomic E-state index is 12.0. The van der Waals surface area contributed by atoms with Crippen LogP contribution in [0.5, 0.6) is 0 Å². The topological polar surface area (TPSA) is 26.3 Å². The Morgan fingerprint density at radius 2 is 2.19 bits per heavy atom. The Labute approximate surface area is 104 Å². The summed E-state index contributed by atoms with van der Waals surface area (Å²) in [5, 5.41) is 0. The van der Waals surface area contributed by atoms with Gasteiger partial charge in [-0.2, -0.15) is 0 Å². The summed E-state index contributed by atoms with van der Waals surface area (Å²) < 4.78 is 6.28. The quantitative estimate of drug-likeness (QED) is 0.830. The second-order valence-corrected chi connectivity index (χ2v) is 5.08. The van der Waals surface area contributed by atoms with Gasteiger partial charge in [0.2, 0.25) is 0 Å². The number of hydrogen-bond acceptors (Lipinski definition) is 2. The van der Waals surface area contributed by atoms with Crippen LogP contribution < -0.4 is 0 Å². The molecule has 0 bridgehead atoms. The van der Waals surface area contributed by atoms with Crippen LogP contribution in [0.4, 0.5) is 0 Å². The molecule has 1 saturated carbocycles. The van der Waals surface area contributed by atoms with Crippen LogP contribution in [0.15, 0.2) is 28.7 Å².